The summed E-state index contributed by atoms with van der Waals surface area (Å²) >= 11 is 0. The minimum atomic E-state index is -0.617. The van der Waals surface area contributed by atoms with E-state index < -0.39 is 17.5 Å². The van der Waals surface area contributed by atoms with Crippen LogP contribution in [0.25, 0.3) is 10.9 Å². The summed E-state index contributed by atoms with van der Waals surface area (Å²) in [6, 6.07) is 10.5. The van der Waals surface area contributed by atoms with Crippen molar-refractivity contribution in [2.45, 2.75) is 33.3 Å². The third-order valence-corrected chi connectivity index (χ3v) is 4.07. The molecule has 1 aromatic carbocycles. The highest BCUT2D eigenvalue weighted by atomic mass is 16.6. The van der Waals surface area contributed by atoms with E-state index in [1.54, 1.807) is 57.5 Å². The molecule has 7 nitrogen and oxygen atoms in total. The van der Waals surface area contributed by atoms with Gasteiger partial charge in [0.15, 0.2) is 11.4 Å². The van der Waals surface area contributed by atoms with Crippen LogP contribution in [0, 0.1) is 0 Å². The number of para-hydroxylation sites is 1. The quantitative estimate of drug-likeness (QED) is 0.591. The Bertz CT molecular complexity index is 1060. The zero-order valence-electron chi connectivity index (χ0n) is 17.2. The Hall–Kier alpha value is -3.35. The molecule has 29 heavy (non-hydrogen) atoms. The van der Waals surface area contributed by atoms with Gasteiger partial charge in [-0.3, -0.25) is 0 Å². The number of hydrogen-bond donors (Lipinski definition) is 0. The van der Waals surface area contributed by atoms with Crippen LogP contribution >= 0.6 is 0 Å². The zero-order valence-corrected chi connectivity index (χ0v) is 17.2. The third-order valence-electron chi connectivity index (χ3n) is 4.07. The number of esters is 2. The van der Waals surface area contributed by atoms with Crippen LogP contribution in [0.5, 0.6) is 11.5 Å². The molecule has 2 aromatic heterocycles. The number of rotatable bonds is 5. The topological polar surface area (TPSA) is 79.7 Å². The van der Waals surface area contributed by atoms with Gasteiger partial charge in [-0.15, -0.1) is 0 Å². The van der Waals surface area contributed by atoms with Gasteiger partial charge >= 0.3 is 11.9 Å². The summed E-state index contributed by atoms with van der Waals surface area (Å²) in [6.45, 7) is 7.45. The Kier molecular flexibility index (Phi) is 5.59. The van der Waals surface area contributed by atoms with E-state index in [2.05, 4.69) is 4.98 Å². The van der Waals surface area contributed by atoms with Crippen LogP contribution in [0.1, 0.15) is 48.7 Å². The fourth-order valence-electron chi connectivity index (χ4n) is 2.91. The molecule has 0 atom stereocenters. The first kappa shape index (κ1) is 20.4. The van der Waals surface area contributed by atoms with Crippen LogP contribution in [-0.2, 0) is 16.5 Å². The highest BCUT2D eigenvalue weighted by molar-refractivity contribution is 5.97. The van der Waals surface area contributed by atoms with Gasteiger partial charge in [-0.05, 0) is 45.9 Å². The molecule has 0 saturated heterocycles. The van der Waals surface area contributed by atoms with E-state index in [0.29, 0.717) is 23.8 Å². The molecule has 0 radical (unpaired) electrons. The Morgan fingerprint density at radius 1 is 1.10 bits per heavy atom. The lowest BCUT2D eigenvalue weighted by molar-refractivity contribution is 0.00622. The molecule has 0 aliphatic carbocycles. The fraction of sp³-hybridized carbons (Fsp3) is 0.318. The molecule has 3 rings (SSSR count). The molecule has 0 fully saturated rings. The molecule has 0 saturated carbocycles. The van der Waals surface area contributed by atoms with Crippen molar-refractivity contribution in [3.05, 3.63) is 54.0 Å². The normalized spacial score (nSPS) is 11.3. The number of ether oxygens (including phenoxy) is 3. The zero-order chi connectivity index (χ0) is 21.2. The number of benzene rings is 1. The van der Waals surface area contributed by atoms with E-state index in [9.17, 15) is 9.59 Å². The average molecular weight is 396 g/mol. The standard InChI is InChI=1S/C22H24N2O5/c1-6-27-21(26)17-12-14-8-7-9-18(19(14)24(17)5)28-15-10-11-23-16(13-15)20(25)29-22(2,3)4/h7-13H,6H2,1-5H3. The summed E-state index contributed by atoms with van der Waals surface area (Å²) in [5, 5.41) is 0.842. The summed E-state index contributed by atoms with van der Waals surface area (Å²) in [5.74, 6) is 0.0621. The highest BCUT2D eigenvalue weighted by Crippen LogP contribution is 2.32. The number of aryl methyl sites for hydroxylation is 1. The molecule has 0 spiro atoms. The molecular formula is C22H24N2O5. The number of hydrogen-bond acceptors (Lipinski definition) is 6. The summed E-state index contributed by atoms with van der Waals surface area (Å²) in [6.07, 6.45) is 1.49. The number of pyridine rings is 1. The molecule has 7 heteroatoms. The van der Waals surface area contributed by atoms with E-state index in [4.69, 9.17) is 14.2 Å². The van der Waals surface area contributed by atoms with Crippen LogP contribution < -0.4 is 4.74 Å². The van der Waals surface area contributed by atoms with E-state index in [1.165, 1.54) is 12.3 Å². The number of aromatic nitrogens is 2. The van der Waals surface area contributed by atoms with Crippen LogP contribution in [-0.4, -0.2) is 33.7 Å². The van der Waals surface area contributed by atoms with Gasteiger partial charge in [0, 0.05) is 24.7 Å². The van der Waals surface area contributed by atoms with Crippen molar-refractivity contribution < 1.29 is 23.8 Å². The minimum absolute atomic E-state index is 0.156. The molecule has 0 aliphatic rings. The molecule has 0 bridgehead atoms. The van der Waals surface area contributed by atoms with E-state index in [0.717, 1.165) is 10.9 Å². The molecule has 0 aliphatic heterocycles. The molecule has 3 aromatic rings. The van der Waals surface area contributed by atoms with Crippen LogP contribution in [0.2, 0.25) is 0 Å². The van der Waals surface area contributed by atoms with Crippen LogP contribution in [0.4, 0.5) is 0 Å². The Labute approximate surface area is 169 Å². The summed E-state index contributed by atoms with van der Waals surface area (Å²) in [4.78, 5) is 28.5. The maximum atomic E-state index is 12.3. The van der Waals surface area contributed by atoms with Gasteiger partial charge in [-0.1, -0.05) is 12.1 Å². The number of nitrogens with zero attached hydrogens (tertiary/aromatic N) is 2. The third kappa shape index (κ3) is 4.56. The van der Waals surface area contributed by atoms with Crippen LogP contribution in [0.15, 0.2) is 42.6 Å². The largest absolute Gasteiger partial charge is 0.461 e. The van der Waals surface area contributed by atoms with Gasteiger partial charge in [0.1, 0.15) is 17.0 Å². The van der Waals surface area contributed by atoms with Crippen molar-refractivity contribution in [1.82, 2.24) is 9.55 Å². The maximum Gasteiger partial charge on any atom is 0.357 e. The lowest BCUT2D eigenvalue weighted by Gasteiger charge is -2.19. The SMILES string of the molecule is CCOC(=O)c1cc2cccc(Oc3ccnc(C(=O)OC(C)(C)C)c3)c2n1C. The second kappa shape index (κ2) is 7.95. The maximum absolute atomic E-state index is 12.3. The number of fused-ring (bicyclic) bond motifs is 1. The van der Waals surface area contributed by atoms with Gasteiger partial charge in [0.05, 0.1) is 12.1 Å². The lowest BCUT2D eigenvalue weighted by Crippen LogP contribution is -2.24. The summed E-state index contributed by atoms with van der Waals surface area (Å²) < 4.78 is 18.2. The highest BCUT2D eigenvalue weighted by Gasteiger charge is 2.20. The number of carbonyl (C=O) groups excluding carboxylic acids is 2. The first-order valence-electron chi connectivity index (χ1n) is 9.32. The van der Waals surface area contributed by atoms with Crippen molar-refractivity contribution in [2.75, 3.05) is 6.61 Å². The monoisotopic (exact) mass is 396 g/mol. The molecule has 0 amide bonds. The first-order valence-corrected chi connectivity index (χ1v) is 9.32. The predicted octanol–water partition coefficient (Wildman–Crippen LogP) is 4.50. The van der Waals surface area contributed by atoms with E-state index in [1.807, 2.05) is 12.1 Å². The van der Waals surface area contributed by atoms with Gasteiger partial charge in [0.25, 0.3) is 0 Å². The molecule has 0 N–H and O–H groups in total. The summed E-state index contributed by atoms with van der Waals surface area (Å²) in [5.41, 5.74) is 0.713. The van der Waals surface area contributed by atoms with Gasteiger partial charge in [0.2, 0.25) is 0 Å². The van der Waals surface area contributed by atoms with Crippen LogP contribution in [0.3, 0.4) is 0 Å². The molecule has 152 valence electrons. The average Bonchev–Trinajstić information content (AvgIpc) is 2.99. The first-order chi connectivity index (χ1) is 13.7. The second-order valence-electron chi connectivity index (χ2n) is 7.48. The van der Waals surface area contributed by atoms with Crippen molar-refractivity contribution in [1.29, 1.82) is 0 Å². The molecular weight excluding hydrogens is 372 g/mol. The smallest absolute Gasteiger partial charge is 0.357 e. The Balaban J connectivity index is 1.94. The van der Waals surface area contributed by atoms with Gasteiger partial charge in [-0.25, -0.2) is 14.6 Å². The van der Waals surface area contributed by atoms with E-state index >= 15 is 0 Å². The second-order valence-corrected chi connectivity index (χ2v) is 7.48. The Morgan fingerprint density at radius 2 is 1.86 bits per heavy atom. The van der Waals surface area contributed by atoms with Crippen molar-refractivity contribution in [3.8, 4) is 11.5 Å². The molecule has 2 heterocycles. The fourth-order valence-corrected chi connectivity index (χ4v) is 2.91. The minimum Gasteiger partial charge on any atom is -0.461 e. The lowest BCUT2D eigenvalue weighted by atomic mass is 10.2. The Morgan fingerprint density at radius 3 is 2.55 bits per heavy atom. The van der Waals surface area contributed by atoms with Crippen molar-refractivity contribution in [3.63, 3.8) is 0 Å². The predicted molar refractivity (Wildman–Crippen MR) is 108 cm³/mol. The van der Waals surface area contributed by atoms with Crippen molar-refractivity contribution >= 4 is 22.8 Å². The molecule has 0 unspecified atom stereocenters. The van der Waals surface area contributed by atoms with E-state index in [-0.39, 0.29) is 5.69 Å². The number of carbonyl (C=O) groups is 2. The van der Waals surface area contributed by atoms with Gasteiger partial charge < -0.3 is 18.8 Å². The van der Waals surface area contributed by atoms with Gasteiger partial charge in [-0.2, -0.15) is 0 Å². The summed E-state index contributed by atoms with van der Waals surface area (Å²) in [7, 11) is 1.78. The van der Waals surface area contributed by atoms with Crippen molar-refractivity contribution in [2.24, 2.45) is 7.05 Å².